The molecule has 1 spiro atoms. The number of hydrogen-bond donors (Lipinski definition) is 2. The number of nitrogens with one attached hydrogen (secondary N) is 1. The average Bonchev–Trinajstić information content (AvgIpc) is 3.58. The topological polar surface area (TPSA) is 84.9 Å². The van der Waals surface area contributed by atoms with Crippen LogP contribution in [0.25, 0.3) is 5.57 Å². The predicted octanol–water partition coefficient (Wildman–Crippen LogP) is 7.81. The first kappa shape index (κ1) is 30.4. The molecule has 0 radical (unpaired) electrons. The van der Waals surface area contributed by atoms with Crippen molar-refractivity contribution in [2.45, 2.75) is 71.1 Å². The molecule has 3 fully saturated rings. The summed E-state index contributed by atoms with van der Waals surface area (Å²) in [6, 6.07) is 17.8. The molecule has 3 heterocycles. The third-order valence-electron chi connectivity index (χ3n) is 12.1. The molecule has 9 rings (SSSR count). The Bertz CT molecular complexity index is 1710. The second-order valence-electron chi connectivity index (χ2n) is 14.5. The maximum Gasteiger partial charge on any atom is 0.340 e. The van der Waals surface area contributed by atoms with E-state index in [0.29, 0.717) is 11.5 Å². The summed E-state index contributed by atoms with van der Waals surface area (Å²) < 4.78 is 12.5. The lowest BCUT2D eigenvalue weighted by atomic mass is 9.44. The van der Waals surface area contributed by atoms with Crippen LogP contribution in [0.1, 0.15) is 75.8 Å². The minimum absolute atomic E-state index is 0.103. The Labute approximate surface area is 277 Å². The number of phenols is 1. The fraction of sp³-hybridized carbons (Fsp3) is 0.463. The van der Waals surface area contributed by atoms with Crippen LogP contribution in [0.3, 0.4) is 0 Å². The zero-order valence-electron chi connectivity index (χ0n) is 27.3. The summed E-state index contributed by atoms with van der Waals surface area (Å²) in [5.74, 6) is 2.11. The van der Waals surface area contributed by atoms with E-state index in [9.17, 15) is 14.7 Å². The molecule has 1 saturated carbocycles. The minimum Gasteiger partial charge on any atom is -0.508 e. The number of cyclic esters (lactones) is 2. The number of fused-ring (bicyclic) bond motifs is 1. The van der Waals surface area contributed by atoms with E-state index in [1.807, 2.05) is 18.2 Å². The Morgan fingerprint density at radius 3 is 2.60 bits per heavy atom. The first-order valence-electron chi connectivity index (χ1n) is 17.9. The maximum absolute atomic E-state index is 14.2. The van der Waals surface area contributed by atoms with Crippen LogP contribution in [0.2, 0.25) is 0 Å². The van der Waals surface area contributed by atoms with Gasteiger partial charge in [0.1, 0.15) is 17.3 Å². The van der Waals surface area contributed by atoms with Gasteiger partial charge in [-0.1, -0.05) is 49.4 Å². The normalized spacial score (nSPS) is 30.8. The molecule has 2 aromatic rings. The number of carbonyl (C=O) groups excluding carboxylic acids is 2. The van der Waals surface area contributed by atoms with E-state index >= 15 is 0 Å². The Morgan fingerprint density at radius 2 is 1.81 bits per heavy atom. The number of esters is 2. The smallest absolute Gasteiger partial charge is 0.340 e. The standard InChI is InChI=1S/C41H45NO5/c1-2-25(22-27-8-4-3-5-9-27)23-34-41-19-16-30(35(38(41)40(45)47-34)28-11-7-12-29(43)24-28)31-14-15-32-33(46-39(44)36(32)37(31)41)13-6-10-26-17-20-42-21-18-26/h3-5,7-9,11-13,23-26,30-31,37,42-43H,2,6,10,14-22H2,1H3. The van der Waals surface area contributed by atoms with Crippen LogP contribution < -0.4 is 5.32 Å². The molecule has 3 aliphatic heterocycles. The number of carbonyl (C=O) groups is 2. The first-order chi connectivity index (χ1) is 23.0. The van der Waals surface area contributed by atoms with Crippen molar-refractivity contribution in [3.05, 3.63) is 106 Å². The summed E-state index contributed by atoms with van der Waals surface area (Å²) in [7, 11) is 0. The van der Waals surface area contributed by atoms with Gasteiger partial charge in [0.25, 0.3) is 0 Å². The van der Waals surface area contributed by atoms with Crippen LogP contribution in [-0.4, -0.2) is 30.1 Å². The van der Waals surface area contributed by atoms with Gasteiger partial charge in [0, 0.05) is 17.1 Å². The molecule has 0 amide bonds. The third kappa shape index (κ3) is 5.11. The summed E-state index contributed by atoms with van der Waals surface area (Å²) in [6.45, 7) is 4.35. The van der Waals surface area contributed by atoms with Crippen molar-refractivity contribution in [1.29, 1.82) is 0 Å². The molecule has 2 aromatic carbocycles. The van der Waals surface area contributed by atoms with Gasteiger partial charge in [-0.2, -0.15) is 0 Å². The van der Waals surface area contributed by atoms with Gasteiger partial charge in [-0.15, -0.1) is 0 Å². The van der Waals surface area contributed by atoms with Gasteiger partial charge in [0.15, 0.2) is 0 Å². The fourth-order valence-corrected chi connectivity index (χ4v) is 9.99. The van der Waals surface area contributed by atoms with E-state index in [2.05, 4.69) is 48.7 Å². The Kier molecular flexibility index (Phi) is 7.95. The summed E-state index contributed by atoms with van der Waals surface area (Å²) in [4.78, 5) is 28.2. The van der Waals surface area contributed by atoms with E-state index in [-0.39, 0.29) is 41.4 Å². The molecular weight excluding hydrogens is 586 g/mol. The minimum atomic E-state index is -0.730. The summed E-state index contributed by atoms with van der Waals surface area (Å²) >= 11 is 0. The van der Waals surface area contributed by atoms with Crippen molar-refractivity contribution >= 4 is 17.5 Å². The number of ether oxygens (including phenoxy) is 2. The summed E-state index contributed by atoms with van der Waals surface area (Å²) in [5, 5.41) is 14.0. The molecule has 2 bridgehead atoms. The van der Waals surface area contributed by atoms with Gasteiger partial charge in [0.05, 0.1) is 11.0 Å². The Hall–Kier alpha value is -3.90. The van der Waals surface area contributed by atoms with E-state index in [0.717, 1.165) is 98.3 Å². The first-order valence-corrected chi connectivity index (χ1v) is 17.9. The highest BCUT2D eigenvalue weighted by Gasteiger charge is 2.68. The molecule has 6 heteroatoms. The number of piperidine rings is 1. The molecule has 4 aliphatic carbocycles. The zero-order valence-corrected chi connectivity index (χ0v) is 27.3. The number of phenolic OH excluding ortho intramolecular Hbond substituents is 1. The van der Waals surface area contributed by atoms with Crippen LogP contribution in [0.4, 0.5) is 0 Å². The zero-order chi connectivity index (χ0) is 32.1. The molecule has 2 saturated heterocycles. The monoisotopic (exact) mass is 631 g/mol. The van der Waals surface area contributed by atoms with Crippen LogP contribution in [-0.2, 0) is 25.5 Å². The van der Waals surface area contributed by atoms with Gasteiger partial charge >= 0.3 is 11.9 Å². The van der Waals surface area contributed by atoms with Crippen LogP contribution in [0.15, 0.2) is 95.0 Å². The Balaban J connectivity index is 1.24. The maximum atomic E-state index is 14.2. The van der Waals surface area contributed by atoms with Crippen LogP contribution >= 0.6 is 0 Å². The number of allylic oxidation sites excluding steroid dienone is 5. The summed E-state index contributed by atoms with van der Waals surface area (Å²) in [6.07, 6.45) is 14.0. The highest BCUT2D eigenvalue weighted by Crippen LogP contribution is 2.71. The molecule has 2 N–H and O–H groups in total. The Morgan fingerprint density at radius 1 is 0.979 bits per heavy atom. The highest BCUT2D eigenvalue weighted by molar-refractivity contribution is 6.06. The molecular formula is C41H45NO5. The van der Waals surface area contributed by atoms with Crippen molar-refractivity contribution in [3.8, 4) is 5.75 Å². The van der Waals surface area contributed by atoms with Crippen molar-refractivity contribution < 1.29 is 24.2 Å². The molecule has 7 aliphatic rings. The molecule has 5 unspecified atom stereocenters. The number of hydrogen-bond acceptors (Lipinski definition) is 6. The molecule has 6 nitrogen and oxygen atoms in total. The van der Waals surface area contributed by atoms with Crippen LogP contribution in [0, 0.1) is 35.0 Å². The second kappa shape index (κ2) is 12.3. The van der Waals surface area contributed by atoms with Crippen LogP contribution in [0.5, 0.6) is 5.75 Å². The lowest BCUT2D eigenvalue weighted by molar-refractivity contribution is -0.135. The van der Waals surface area contributed by atoms with Gasteiger partial charge in [-0.3, -0.25) is 0 Å². The van der Waals surface area contributed by atoms with Crippen molar-refractivity contribution in [2.24, 2.45) is 35.0 Å². The SMILES string of the molecule is CCC(C=C1OC(=O)C2=C(c3cccc(O)c3)C3CCC12C1C2=C(CCC31)C(=CCCC1CCNCC1)OC2=O)Cc1ccccc1. The second-order valence-corrected chi connectivity index (χ2v) is 14.5. The quantitative estimate of drug-likeness (QED) is 0.289. The third-order valence-corrected chi connectivity index (χ3v) is 12.1. The van der Waals surface area contributed by atoms with E-state index in [4.69, 9.17) is 9.47 Å². The number of aromatic hydroxyl groups is 1. The van der Waals surface area contributed by atoms with E-state index in [1.54, 1.807) is 12.1 Å². The number of benzene rings is 2. The summed E-state index contributed by atoms with van der Waals surface area (Å²) in [5.41, 5.74) is 4.95. The van der Waals surface area contributed by atoms with Gasteiger partial charge in [-0.05, 0) is 142 Å². The van der Waals surface area contributed by atoms with Crippen molar-refractivity contribution in [3.63, 3.8) is 0 Å². The van der Waals surface area contributed by atoms with E-state index < -0.39 is 5.41 Å². The number of rotatable bonds is 8. The van der Waals surface area contributed by atoms with Gasteiger partial charge < -0.3 is 19.9 Å². The lowest BCUT2D eigenvalue weighted by Gasteiger charge is -2.56. The molecule has 47 heavy (non-hydrogen) atoms. The lowest BCUT2D eigenvalue weighted by Crippen LogP contribution is -2.52. The van der Waals surface area contributed by atoms with Gasteiger partial charge in [-0.25, -0.2) is 9.59 Å². The van der Waals surface area contributed by atoms with Gasteiger partial charge in [0.2, 0.25) is 0 Å². The van der Waals surface area contributed by atoms with Crippen molar-refractivity contribution in [2.75, 3.05) is 13.1 Å². The average molecular weight is 632 g/mol. The molecule has 5 atom stereocenters. The molecule has 0 aromatic heterocycles. The van der Waals surface area contributed by atoms with Crippen molar-refractivity contribution in [1.82, 2.24) is 5.32 Å². The highest BCUT2D eigenvalue weighted by atomic mass is 16.5. The predicted molar refractivity (Wildman–Crippen MR) is 181 cm³/mol. The van der Waals surface area contributed by atoms with E-state index in [1.165, 1.54) is 18.4 Å². The largest absolute Gasteiger partial charge is 0.508 e. The fourth-order valence-electron chi connectivity index (χ4n) is 9.99. The molecule has 244 valence electrons.